The first-order valence-corrected chi connectivity index (χ1v) is 5.86. The van der Waals surface area contributed by atoms with Crippen LogP contribution in [0.25, 0.3) is 0 Å². The summed E-state index contributed by atoms with van der Waals surface area (Å²) in [5, 5.41) is 3.70. The lowest BCUT2D eigenvalue weighted by molar-refractivity contribution is -0.122. The van der Waals surface area contributed by atoms with Gasteiger partial charge in [-0.3, -0.25) is 4.79 Å². The standard InChI is InChI=1S/C11H12BrNO/c12-5-6-13-11(14)10-7-8-3-1-2-4-9(8)10/h1-4,10H,5-7H2,(H,13,14). The second-order valence-corrected chi connectivity index (χ2v) is 4.23. The first-order chi connectivity index (χ1) is 6.83. The van der Waals surface area contributed by atoms with Gasteiger partial charge in [0, 0.05) is 11.9 Å². The third-order valence-electron chi connectivity index (χ3n) is 2.56. The molecular weight excluding hydrogens is 242 g/mol. The Labute approximate surface area is 91.8 Å². The van der Waals surface area contributed by atoms with E-state index in [2.05, 4.69) is 27.3 Å². The van der Waals surface area contributed by atoms with Crippen molar-refractivity contribution in [3.05, 3.63) is 35.4 Å². The molecule has 0 saturated carbocycles. The molecule has 0 aliphatic heterocycles. The van der Waals surface area contributed by atoms with E-state index in [1.54, 1.807) is 0 Å². The molecule has 0 spiro atoms. The van der Waals surface area contributed by atoms with Gasteiger partial charge in [0.2, 0.25) is 5.91 Å². The average Bonchev–Trinajstić information content (AvgIpc) is 2.17. The third kappa shape index (κ3) is 1.69. The number of carbonyl (C=O) groups excluding carboxylic acids is 1. The van der Waals surface area contributed by atoms with E-state index in [4.69, 9.17) is 0 Å². The second-order valence-electron chi connectivity index (χ2n) is 3.44. The number of hydrogen-bond acceptors (Lipinski definition) is 1. The summed E-state index contributed by atoms with van der Waals surface area (Å²) in [6.45, 7) is 0.706. The van der Waals surface area contributed by atoms with Crippen LogP contribution >= 0.6 is 15.9 Å². The summed E-state index contributed by atoms with van der Waals surface area (Å²) in [6, 6.07) is 8.13. The highest BCUT2D eigenvalue weighted by Gasteiger charge is 2.31. The van der Waals surface area contributed by atoms with Crippen LogP contribution in [0, 0.1) is 0 Å². The van der Waals surface area contributed by atoms with Crippen molar-refractivity contribution < 1.29 is 4.79 Å². The van der Waals surface area contributed by atoms with Crippen molar-refractivity contribution >= 4 is 21.8 Å². The first kappa shape index (κ1) is 9.71. The van der Waals surface area contributed by atoms with E-state index in [1.807, 2.05) is 18.2 Å². The predicted octanol–water partition coefficient (Wildman–Crippen LogP) is 1.84. The first-order valence-electron chi connectivity index (χ1n) is 4.74. The zero-order valence-electron chi connectivity index (χ0n) is 7.79. The molecule has 74 valence electrons. The van der Waals surface area contributed by atoms with E-state index >= 15 is 0 Å². The van der Waals surface area contributed by atoms with Gasteiger partial charge in [0.05, 0.1) is 5.92 Å². The fourth-order valence-corrected chi connectivity index (χ4v) is 1.98. The van der Waals surface area contributed by atoms with Gasteiger partial charge in [-0.1, -0.05) is 40.2 Å². The van der Waals surface area contributed by atoms with Gasteiger partial charge in [0.1, 0.15) is 0 Å². The molecule has 0 heterocycles. The molecule has 0 aromatic heterocycles. The van der Waals surface area contributed by atoms with Gasteiger partial charge in [-0.2, -0.15) is 0 Å². The molecule has 1 aliphatic carbocycles. The molecule has 1 aromatic carbocycles. The number of rotatable bonds is 3. The van der Waals surface area contributed by atoms with E-state index in [9.17, 15) is 4.79 Å². The van der Waals surface area contributed by atoms with Crippen LogP contribution in [0.4, 0.5) is 0 Å². The average molecular weight is 254 g/mol. The highest BCUT2D eigenvalue weighted by Crippen LogP contribution is 2.34. The molecule has 1 N–H and O–H groups in total. The maximum absolute atomic E-state index is 11.6. The number of nitrogens with one attached hydrogen (secondary N) is 1. The number of amides is 1. The third-order valence-corrected chi connectivity index (χ3v) is 2.96. The molecule has 2 nitrogen and oxygen atoms in total. The minimum atomic E-state index is 0.0882. The minimum absolute atomic E-state index is 0.0882. The topological polar surface area (TPSA) is 29.1 Å². The number of halogens is 1. The van der Waals surface area contributed by atoms with Gasteiger partial charge >= 0.3 is 0 Å². The lowest BCUT2D eigenvalue weighted by Crippen LogP contribution is -2.36. The summed E-state index contributed by atoms with van der Waals surface area (Å²) in [6.07, 6.45) is 0.893. The Morgan fingerprint density at radius 3 is 3.00 bits per heavy atom. The van der Waals surface area contributed by atoms with Gasteiger partial charge in [0.25, 0.3) is 0 Å². The normalized spacial score (nSPS) is 18.2. The molecular formula is C11H12BrNO. The SMILES string of the molecule is O=C(NCCBr)C1Cc2ccccc21. The van der Waals surface area contributed by atoms with E-state index in [0.717, 1.165) is 11.8 Å². The summed E-state index contributed by atoms with van der Waals surface area (Å²) in [4.78, 5) is 11.6. The van der Waals surface area contributed by atoms with Crippen LogP contribution < -0.4 is 5.32 Å². The van der Waals surface area contributed by atoms with Crippen molar-refractivity contribution in [2.24, 2.45) is 0 Å². The van der Waals surface area contributed by atoms with Crippen LogP contribution in [-0.2, 0) is 11.2 Å². The lowest BCUT2D eigenvalue weighted by atomic mass is 9.77. The molecule has 0 saturated heterocycles. The Morgan fingerprint density at radius 2 is 2.29 bits per heavy atom. The summed E-state index contributed by atoms with van der Waals surface area (Å²) >= 11 is 3.28. The molecule has 1 atom stereocenters. The number of benzene rings is 1. The largest absolute Gasteiger partial charge is 0.355 e. The van der Waals surface area contributed by atoms with Crippen LogP contribution in [0.2, 0.25) is 0 Å². The summed E-state index contributed by atoms with van der Waals surface area (Å²) < 4.78 is 0. The number of alkyl halides is 1. The van der Waals surface area contributed by atoms with Crippen molar-refractivity contribution in [1.29, 1.82) is 0 Å². The maximum atomic E-state index is 11.6. The van der Waals surface area contributed by atoms with Crippen molar-refractivity contribution in [3.8, 4) is 0 Å². The lowest BCUT2D eigenvalue weighted by Gasteiger charge is -2.28. The molecule has 2 rings (SSSR count). The number of hydrogen-bond donors (Lipinski definition) is 1. The number of fused-ring (bicyclic) bond motifs is 1. The van der Waals surface area contributed by atoms with Gasteiger partial charge in [-0.05, 0) is 17.5 Å². The molecule has 0 radical (unpaired) electrons. The van der Waals surface area contributed by atoms with Gasteiger partial charge in [-0.15, -0.1) is 0 Å². The van der Waals surface area contributed by atoms with E-state index < -0.39 is 0 Å². The van der Waals surface area contributed by atoms with Gasteiger partial charge < -0.3 is 5.32 Å². The predicted molar refractivity (Wildman–Crippen MR) is 59.7 cm³/mol. The van der Waals surface area contributed by atoms with Gasteiger partial charge in [0.15, 0.2) is 0 Å². The molecule has 1 unspecified atom stereocenters. The van der Waals surface area contributed by atoms with Crippen molar-refractivity contribution in [2.45, 2.75) is 12.3 Å². The van der Waals surface area contributed by atoms with Crippen LogP contribution in [0.5, 0.6) is 0 Å². The molecule has 3 heteroatoms. The highest BCUT2D eigenvalue weighted by molar-refractivity contribution is 9.09. The molecule has 14 heavy (non-hydrogen) atoms. The minimum Gasteiger partial charge on any atom is -0.355 e. The smallest absolute Gasteiger partial charge is 0.227 e. The molecule has 1 aliphatic rings. The van der Waals surface area contributed by atoms with E-state index in [0.29, 0.717) is 6.54 Å². The zero-order chi connectivity index (χ0) is 9.97. The Balaban J connectivity index is 2.01. The maximum Gasteiger partial charge on any atom is 0.227 e. The molecule has 1 aromatic rings. The fourth-order valence-electron chi connectivity index (χ4n) is 1.79. The molecule has 1 amide bonds. The van der Waals surface area contributed by atoms with Crippen LogP contribution in [0.3, 0.4) is 0 Å². The van der Waals surface area contributed by atoms with Crippen LogP contribution in [0.15, 0.2) is 24.3 Å². The summed E-state index contributed by atoms with van der Waals surface area (Å²) in [5.41, 5.74) is 2.51. The summed E-state index contributed by atoms with van der Waals surface area (Å²) in [7, 11) is 0. The van der Waals surface area contributed by atoms with Crippen LogP contribution in [0.1, 0.15) is 17.0 Å². The number of carbonyl (C=O) groups is 1. The molecule has 0 bridgehead atoms. The van der Waals surface area contributed by atoms with Crippen molar-refractivity contribution in [2.75, 3.05) is 11.9 Å². The monoisotopic (exact) mass is 253 g/mol. The van der Waals surface area contributed by atoms with Crippen molar-refractivity contribution in [3.63, 3.8) is 0 Å². The fraction of sp³-hybridized carbons (Fsp3) is 0.364. The quantitative estimate of drug-likeness (QED) is 0.819. The van der Waals surface area contributed by atoms with E-state index in [-0.39, 0.29) is 11.8 Å². The second kappa shape index (κ2) is 4.13. The molecule has 0 fully saturated rings. The Bertz CT molecular complexity index is 351. The Morgan fingerprint density at radius 1 is 1.50 bits per heavy atom. The Hall–Kier alpha value is -0.830. The van der Waals surface area contributed by atoms with E-state index in [1.165, 1.54) is 11.1 Å². The summed E-state index contributed by atoms with van der Waals surface area (Å²) in [5.74, 6) is 0.244. The van der Waals surface area contributed by atoms with Gasteiger partial charge in [-0.25, -0.2) is 0 Å². The highest BCUT2D eigenvalue weighted by atomic mass is 79.9. The zero-order valence-corrected chi connectivity index (χ0v) is 9.38. The Kier molecular flexibility index (Phi) is 2.87. The van der Waals surface area contributed by atoms with Crippen molar-refractivity contribution in [1.82, 2.24) is 5.32 Å². The van der Waals surface area contributed by atoms with Crippen LogP contribution in [-0.4, -0.2) is 17.8 Å².